The van der Waals surface area contributed by atoms with Crippen LogP contribution in [0.3, 0.4) is 0 Å². The molecule has 1 heterocycles. The molecule has 272 valence electrons. The van der Waals surface area contributed by atoms with Gasteiger partial charge in [0.2, 0.25) is 0 Å². The van der Waals surface area contributed by atoms with Crippen molar-refractivity contribution in [1.29, 1.82) is 0 Å². The normalized spacial score (nSPS) is 11.4. The van der Waals surface area contributed by atoms with Gasteiger partial charge < -0.3 is 9.32 Å². The first-order valence-corrected chi connectivity index (χ1v) is 19.8. The van der Waals surface area contributed by atoms with Gasteiger partial charge in [-0.1, -0.05) is 182 Å². The maximum absolute atomic E-state index is 6.26. The smallest absolute Gasteiger partial charge is 0.136 e. The van der Waals surface area contributed by atoms with Gasteiger partial charge in [-0.3, -0.25) is 0 Å². The lowest BCUT2D eigenvalue weighted by Gasteiger charge is -2.29. The van der Waals surface area contributed by atoms with E-state index in [0.29, 0.717) is 0 Å². The van der Waals surface area contributed by atoms with Crippen LogP contribution >= 0.6 is 0 Å². The number of rotatable bonds is 7. The molecule has 0 unspecified atom stereocenters. The Labute approximate surface area is 337 Å². The van der Waals surface area contributed by atoms with Gasteiger partial charge in [0.15, 0.2) is 0 Å². The van der Waals surface area contributed by atoms with E-state index < -0.39 is 0 Å². The summed E-state index contributed by atoms with van der Waals surface area (Å²) in [6.07, 6.45) is 0. The first-order chi connectivity index (χ1) is 28.8. The van der Waals surface area contributed by atoms with E-state index in [0.717, 1.165) is 55.7 Å². The average molecular weight is 740 g/mol. The fourth-order valence-corrected chi connectivity index (χ4v) is 8.73. The molecule has 0 radical (unpaired) electrons. The minimum absolute atomic E-state index is 0.899. The molecule has 0 N–H and O–H groups in total. The molecule has 0 aliphatic heterocycles. The second-order valence-corrected chi connectivity index (χ2v) is 14.9. The highest BCUT2D eigenvalue weighted by Gasteiger charge is 2.20. The minimum atomic E-state index is 0.899. The molecule has 0 saturated carbocycles. The lowest BCUT2D eigenvalue weighted by Crippen LogP contribution is -2.11. The highest BCUT2D eigenvalue weighted by atomic mass is 16.3. The van der Waals surface area contributed by atoms with E-state index in [2.05, 4.69) is 217 Å². The number of anilines is 3. The number of furan rings is 1. The van der Waals surface area contributed by atoms with Crippen molar-refractivity contribution in [1.82, 2.24) is 0 Å². The molecule has 58 heavy (non-hydrogen) atoms. The molecule has 0 spiro atoms. The van der Waals surface area contributed by atoms with Gasteiger partial charge in [0.05, 0.1) is 5.69 Å². The maximum Gasteiger partial charge on any atom is 0.136 e. The van der Waals surface area contributed by atoms with Crippen molar-refractivity contribution in [2.24, 2.45) is 0 Å². The molecule has 11 aromatic rings. The molecule has 0 fully saturated rings. The lowest BCUT2D eigenvalue weighted by atomic mass is 9.95. The van der Waals surface area contributed by atoms with Crippen LogP contribution in [0, 0.1) is 0 Å². The summed E-state index contributed by atoms with van der Waals surface area (Å²) in [6, 6.07) is 80.7. The molecule has 1 aromatic heterocycles. The number of hydrogen-bond donors (Lipinski definition) is 0. The Morgan fingerprint density at radius 1 is 0.293 bits per heavy atom. The van der Waals surface area contributed by atoms with Crippen LogP contribution in [0.5, 0.6) is 0 Å². The fraction of sp³-hybridized carbons (Fsp3) is 0. The maximum atomic E-state index is 6.26. The van der Waals surface area contributed by atoms with Crippen LogP contribution in [0.15, 0.2) is 229 Å². The molecule has 0 bridgehead atoms. The summed E-state index contributed by atoms with van der Waals surface area (Å²) in [6.45, 7) is 0. The molecule has 0 aliphatic rings. The summed E-state index contributed by atoms with van der Waals surface area (Å²) in [7, 11) is 0. The number of fused-ring (bicyclic) bond motifs is 5. The highest BCUT2D eigenvalue weighted by molar-refractivity contribution is 6.12. The standard InChI is InChI=1S/C56H37NO/c1-3-19-46-39(13-1)15-10-23-47(46)41-31-29-38(30-32-41)43-17-9-18-45(37-43)57(53-26-7-5-21-51(53)50-25-11-16-40-14-2-4-20-48(40)50)44-35-33-42(34-36-44)49-24-12-28-55-56(49)52-22-6-8-27-54(52)58-55/h1-37H. The van der Waals surface area contributed by atoms with Crippen LogP contribution in [-0.4, -0.2) is 0 Å². The zero-order chi connectivity index (χ0) is 38.4. The molecule has 2 nitrogen and oxygen atoms in total. The van der Waals surface area contributed by atoms with E-state index in [-0.39, 0.29) is 0 Å². The third kappa shape index (κ3) is 5.82. The molecule has 0 atom stereocenters. The fourth-order valence-electron chi connectivity index (χ4n) is 8.73. The van der Waals surface area contributed by atoms with Crippen molar-refractivity contribution in [3.05, 3.63) is 224 Å². The lowest BCUT2D eigenvalue weighted by molar-refractivity contribution is 0.669. The van der Waals surface area contributed by atoms with Crippen LogP contribution in [0.1, 0.15) is 0 Å². The summed E-state index contributed by atoms with van der Waals surface area (Å²) in [5, 5.41) is 7.24. The highest BCUT2D eigenvalue weighted by Crippen LogP contribution is 2.45. The molecule has 0 saturated heterocycles. The van der Waals surface area contributed by atoms with Gasteiger partial charge in [-0.15, -0.1) is 0 Å². The Bertz CT molecular complexity index is 3270. The van der Waals surface area contributed by atoms with Crippen LogP contribution < -0.4 is 4.90 Å². The Morgan fingerprint density at radius 2 is 0.810 bits per heavy atom. The summed E-state index contributed by atoms with van der Waals surface area (Å²) >= 11 is 0. The van der Waals surface area contributed by atoms with Crippen molar-refractivity contribution in [3.8, 4) is 44.5 Å². The van der Waals surface area contributed by atoms with Gasteiger partial charge in [0.1, 0.15) is 11.2 Å². The summed E-state index contributed by atoms with van der Waals surface area (Å²) in [4.78, 5) is 2.41. The Kier molecular flexibility index (Phi) is 8.19. The monoisotopic (exact) mass is 739 g/mol. The largest absolute Gasteiger partial charge is 0.456 e. The van der Waals surface area contributed by atoms with Gasteiger partial charge in [0.25, 0.3) is 0 Å². The molecule has 10 aromatic carbocycles. The van der Waals surface area contributed by atoms with E-state index in [9.17, 15) is 0 Å². The molecule has 2 heteroatoms. The van der Waals surface area contributed by atoms with Crippen LogP contribution in [-0.2, 0) is 0 Å². The Balaban J connectivity index is 1.04. The van der Waals surface area contributed by atoms with Crippen molar-refractivity contribution in [2.45, 2.75) is 0 Å². The Morgan fingerprint density at radius 3 is 1.60 bits per heavy atom. The number of para-hydroxylation sites is 2. The number of nitrogens with zero attached hydrogens (tertiary/aromatic N) is 1. The molecule has 0 aliphatic carbocycles. The van der Waals surface area contributed by atoms with E-state index >= 15 is 0 Å². The summed E-state index contributed by atoms with van der Waals surface area (Å²) < 4.78 is 6.26. The van der Waals surface area contributed by atoms with Gasteiger partial charge in [-0.2, -0.15) is 0 Å². The van der Waals surface area contributed by atoms with E-state index in [1.807, 2.05) is 12.1 Å². The zero-order valence-electron chi connectivity index (χ0n) is 31.7. The second kappa shape index (κ2) is 14.1. The van der Waals surface area contributed by atoms with Gasteiger partial charge in [-0.05, 0) is 103 Å². The van der Waals surface area contributed by atoms with Crippen molar-refractivity contribution in [3.63, 3.8) is 0 Å². The van der Waals surface area contributed by atoms with Crippen LogP contribution in [0.25, 0.3) is 88.0 Å². The predicted octanol–water partition coefficient (Wildman–Crippen LogP) is 16.0. The summed E-state index contributed by atoms with van der Waals surface area (Å²) in [5.74, 6) is 0. The van der Waals surface area contributed by atoms with E-state index in [1.165, 1.54) is 49.4 Å². The third-order valence-electron chi connectivity index (χ3n) is 11.5. The molecular weight excluding hydrogens is 703 g/mol. The molecular formula is C56H37NO. The third-order valence-corrected chi connectivity index (χ3v) is 11.5. The number of hydrogen-bond acceptors (Lipinski definition) is 2. The minimum Gasteiger partial charge on any atom is -0.456 e. The van der Waals surface area contributed by atoms with Crippen molar-refractivity contribution in [2.75, 3.05) is 4.90 Å². The van der Waals surface area contributed by atoms with Crippen molar-refractivity contribution < 1.29 is 4.42 Å². The Hall–Kier alpha value is -7.68. The van der Waals surface area contributed by atoms with Gasteiger partial charge in [0, 0.05) is 27.7 Å². The quantitative estimate of drug-likeness (QED) is 0.162. The summed E-state index contributed by atoms with van der Waals surface area (Å²) in [5.41, 5.74) is 14.5. The first-order valence-electron chi connectivity index (χ1n) is 19.8. The van der Waals surface area contributed by atoms with Crippen molar-refractivity contribution >= 4 is 60.5 Å². The molecule has 11 rings (SSSR count). The van der Waals surface area contributed by atoms with Gasteiger partial charge in [-0.25, -0.2) is 0 Å². The second-order valence-electron chi connectivity index (χ2n) is 14.9. The van der Waals surface area contributed by atoms with Gasteiger partial charge >= 0.3 is 0 Å². The predicted molar refractivity (Wildman–Crippen MR) is 245 cm³/mol. The topological polar surface area (TPSA) is 16.4 Å². The number of benzene rings is 10. The SMILES string of the molecule is c1cc(-c2ccc(-c3cccc4ccccc34)cc2)cc(N(c2ccc(-c3cccc4oc5ccccc5c34)cc2)c2ccccc2-c2cccc3ccccc23)c1. The van der Waals surface area contributed by atoms with E-state index in [1.54, 1.807) is 0 Å². The average Bonchev–Trinajstić information content (AvgIpc) is 3.69. The van der Waals surface area contributed by atoms with Crippen LogP contribution in [0.2, 0.25) is 0 Å². The first kappa shape index (κ1) is 33.6. The molecule has 0 amide bonds. The van der Waals surface area contributed by atoms with E-state index in [4.69, 9.17) is 4.42 Å². The zero-order valence-corrected chi connectivity index (χ0v) is 31.7. The van der Waals surface area contributed by atoms with Crippen LogP contribution in [0.4, 0.5) is 17.1 Å².